The average Bonchev–Trinajstić information content (AvgIpc) is 2.75. The van der Waals surface area contributed by atoms with Crippen LogP contribution in [0.4, 0.5) is 11.4 Å². The topological polar surface area (TPSA) is 90.0 Å². The molecule has 2 aromatic carbocycles. The van der Waals surface area contributed by atoms with Gasteiger partial charge >= 0.3 is 0 Å². The fourth-order valence-electron chi connectivity index (χ4n) is 3.59. The predicted molar refractivity (Wildman–Crippen MR) is 130 cm³/mol. The zero-order valence-corrected chi connectivity index (χ0v) is 20.8. The number of halogens is 1. The highest BCUT2D eigenvalue weighted by molar-refractivity contribution is 7.87. The summed E-state index contributed by atoms with van der Waals surface area (Å²) in [5.41, 5.74) is 3.51. The van der Waals surface area contributed by atoms with Gasteiger partial charge in [-0.05, 0) is 59.9 Å². The van der Waals surface area contributed by atoms with Gasteiger partial charge in [-0.2, -0.15) is 12.7 Å². The van der Waals surface area contributed by atoms with Gasteiger partial charge in [0.05, 0.1) is 5.69 Å². The van der Waals surface area contributed by atoms with Crippen molar-refractivity contribution in [3.63, 3.8) is 0 Å². The number of fused-ring (bicyclic) bond motifs is 1. The maximum atomic E-state index is 12.8. The van der Waals surface area contributed by atoms with Gasteiger partial charge in [-0.25, -0.2) is 13.1 Å². The normalized spacial score (nSPS) is 15.4. The molecule has 0 fully saturated rings. The molecule has 0 saturated heterocycles. The maximum Gasteiger partial charge on any atom is 0.279 e. The summed E-state index contributed by atoms with van der Waals surface area (Å²) in [6, 6.07) is 12.7. The summed E-state index contributed by atoms with van der Waals surface area (Å²) in [7, 11) is -2.74. The zero-order chi connectivity index (χ0) is 23.5. The van der Waals surface area contributed by atoms with Gasteiger partial charge in [-0.3, -0.25) is 4.31 Å². The Kier molecular flexibility index (Phi) is 8.05. The van der Waals surface area contributed by atoms with E-state index < -0.39 is 21.1 Å². The predicted octanol–water partition coefficient (Wildman–Crippen LogP) is 2.27. The Morgan fingerprint density at radius 3 is 2.38 bits per heavy atom. The van der Waals surface area contributed by atoms with Crippen molar-refractivity contribution in [2.75, 3.05) is 42.9 Å². The second kappa shape index (κ2) is 10.4. The summed E-state index contributed by atoms with van der Waals surface area (Å²) in [5.74, 6) is -0.234. The Morgan fingerprint density at radius 1 is 1.09 bits per heavy atom. The molecule has 2 aromatic rings. The molecular weight excluding hydrogens is 472 g/mol. The van der Waals surface area contributed by atoms with Crippen LogP contribution in [0.15, 0.2) is 42.5 Å². The molecule has 0 aliphatic carbocycles. The van der Waals surface area contributed by atoms with Crippen LogP contribution < -0.4 is 13.9 Å². The summed E-state index contributed by atoms with van der Waals surface area (Å²) < 4.78 is 54.6. The van der Waals surface area contributed by atoms with Gasteiger partial charge in [-0.15, -0.1) is 0 Å². The van der Waals surface area contributed by atoms with Crippen LogP contribution in [0.1, 0.15) is 18.1 Å². The molecule has 0 radical (unpaired) electrons. The molecule has 8 nitrogen and oxygen atoms in total. The fourth-order valence-corrected chi connectivity index (χ4v) is 5.84. The van der Waals surface area contributed by atoms with Crippen molar-refractivity contribution in [1.82, 2.24) is 9.03 Å². The number of thiol groups is 1. The van der Waals surface area contributed by atoms with Crippen LogP contribution >= 0.6 is 11.6 Å². The molecule has 0 bridgehead atoms. The van der Waals surface area contributed by atoms with Crippen molar-refractivity contribution in [1.29, 1.82) is 0 Å². The second-order valence-corrected chi connectivity index (χ2v) is 11.3. The monoisotopic (exact) mass is 500 g/mol. The van der Waals surface area contributed by atoms with Crippen molar-refractivity contribution in [2.24, 2.45) is 5.92 Å². The van der Waals surface area contributed by atoms with Gasteiger partial charge in [0.15, 0.2) is 0 Å². The number of hydrogen-bond donors (Lipinski definition) is 2. The number of nitrogens with zero attached hydrogens (tertiary/aromatic N) is 3. The smallest absolute Gasteiger partial charge is 0.279 e. The van der Waals surface area contributed by atoms with Gasteiger partial charge in [0.25, 0.3) is 10.2 Å². The summed E-state index contributed by atoms with van der Waals surface area (Å²) >= 11 is 6.02. The molecule has 1 N–H and O–H groups in total. The lowest BCUT2D eigenvalue weighted by molar-refractivity contribution is 0.381. The van der Waals surface area contributed by atoms with Crippen molar-refractivity contribution >= 4 is 44.1 Å². The minimum atomic E-state index is -3.69. The van der Waals surface area contributed by atoms with Crippen LogP contribution in [-0.2, 0) is 34.1 Å². The summed E-state index contributed by atoms with van der Waals surface area (Å²) in [6.07, 6.45) is 0.597. The van der Waals surface area contributed by atoms with Gasteiger partial charge in [0, 0.05) is 51.0 Å². The molecule has 0 amide bonds. The largest absolute Gasteiger partial charge is 0.378 e. The van der Waals surface area contributed by atoms with E-state index in [2.05, 4.69) is 4.72 Å². The van der Waals surface area contributed by atoms with E-state index in [1.54, 1.807) is 18.2 Å². The Morgan fingerprint density at radius 2 is 1.75 bits per heavy atom. The standard InChI is InChI=1S/C21H29ClN4O4S2/c1-16(14-26(31(27)28)21-8-6-20(7-9-21)24(2)3)13-23-32(29,30)25-11-10-17-12-19(22)5-4-18(17)15-25/h4-9,12,16,23,31H,10-11,13-15H2,1-3H3/t16-/m0/s1. The third-order valence-electron chi connectivity index (χ3n) is 5.45. The molecule has 1 aliphatic heterocycles. The van der Waals surface area contributed by atoms with Crippen molar-refractivity contribution in [3.8, 4) is 0 Å². The van der Waals surface area contributed by atoms with Crippen molar-refractivity contribution in [2.45, 2.75) is 19.9 Å². The number of hydrogen-bond acceptors (Lipinski definition) is 5. The van der Waals surface area contributed by atoms with Gasteiger partial charge in [0.1, 0.15) is 0 Å². The van der Waals surface area contributed by atoms with Gasteiger partial charge in [-0.1, -0.05) is 24.6 Å². The quantitative estimate of drug-likeness (QED) is 0.515. The molecule has 0 aromatic heterocycles. The molecule has 0 saturated carbocycles. The Labute approximate surface area is 197 Å². The molecule has 1 aliphatic rings. The highest BCUT2D eigenvalue weighted by atomic mass is 35.5. The van der Waals surface area contributed by atoms with E-state index in [0.29, 0.717) is 23.7 Å². The molecular formula is C21H29ClN4O4S2. The first-order valence-corrected chi connectivity index (χ1v) is 13.2. The van der Waals surface area contributed by atoms with E-state index in [1.807, 2.05) is 50.2 Å². The Balaban J connectivity index is 1.61. The van der Waals surface area contributed by atoms with Crippen molar-refractivity contribution in [3.05, 3.63) is 58.6 Å². The first-order valence-electron chi connectivity index (χ1n) is 10.3. The highest BCUT2D eigenvalue weighted by Gasteiger charge is 2.27. The van der Waals surface area contributed by atoms with E-state index in [1.165, 1.54) is 8.61 Å². The zero-order valence-electron chi connectivity index (χ0n) is 18.4. The van der Waals surface area contributed by atoms with Gasteiger partial charge in [0.2, 0.25) is 10.9 Å². The number of benzene rings is 2. The molecule has 1 heterocycles. The van der Waals surface area contributed by atoms with Crippen LogP contribution in [0.25, 0.3) is 0 Å². The van der Waals surface area contributed by atoms with Crippen LogP contribution in [0, 0.1) is 5.92 Å². The average molecular weight is 501 g/mol. The highest BCUT2D eigenvalue weighted by Crippen LogP contribution is 2.24. The van der Waals surface area contributed by atoms with Gasteiger partial charge < -0.3 is 4.90 Å². The first-order chi connectivity index (χ1) is 15.1. The third-order valence-corrected chi connectivity index (χ3v) is 7.99. The van der Waals surface area contributed by atoms with Crippen molar-refractivity contribution < 1.29 is 16.8 Å². The number of rotatable bonds is 9. The molecule has 1 atom stereocenters. The maximum absolute atomic E-state index is 12.8. The molecule has 176 valence electrons. The molecule has 32 heavy (non-hydrogen) atoms. The summed E-state index contributed by atoms with van der Waals surface area (Å²) in [4.78, 5) is 1.93. The first kappa shape index (κ1) is 24.8. The van der Waals surface area contributed by atoms with Crippen LogP contribution in [0.5, 0.6) is 0 Å². The SMILES string of the molecule is C[C@@H](CNS(=O)(=O)N1CCc2cc(Cl)ccc2C1)CN(c1ccc(N(C)C)cc1)[SH](=O)=O. The minimum absolute atomic E-state index is 0.127. The van der Waals surface area contributed by atoms with Crippen LogP contribution in [-0.4, -0.2) is 54.9 Å². The van der Waals surface area contributed by atoms with E-state index in [9.17, 15) is 16.8 Å². The molecule has 0 unspecified atom stereocenters. The lowest BCUT2D eigenvalue weighted by Crippen LogP contribution is -2.45. The Bertz CT molecular complexity index is 1110. The number of nitrogens with one attached hydrogen (secondary N) is 1. The molecule has 3 rings (SSSR count). The minimum Gasteiger partial charge on any atom is -0.378 e. The lowest BCUT2D eigenvalue weighted by atomic mass is 10.0. The van der Waals surface area contributed by atoms with E-state index in [0.717, 1.165) is 16.8 Å². The molecule has 0 spiro atoms. The second-order valence-electron chi connectivity index (χ2n) is 8.19. The molecule has 11 heteroatoms. The van der Waals surface area contributed by atoms with E-state index in [4.69, 9.17) is 11.6 Å². The fraction of sp³-hybridized carbons (Fsp3) is 0.429. The van der Waals surface area contributed by atoms with Crippen LogP contribution in [0.2, 0.25) is 5.02 Å². The lowest BCUT2D eigenvalue weighted by Gasteiger charge is -2.29. The van der Waals surface area contributed by atoms with Crippen LogP contribution in [0.3, 0.4) is 0 Å². The summed E-state index contributed by atoms with van der Waals surface area (Å²) in [5, 5.41) is 0.643. The third kappa shape index (κ3) is 6.14. The van der Waals surface area contributed by atoms with E-state index >= 15 is 0 Å². The Hall–Kier alpha value is -1.85. The summed E-state index contributed by atoms with van der Waals surface area (Å²) in [6.45, 7) is 2.77. The van der Waals surface area contributed by atoms with E-state index in [-0.39, 0.29) is 25.6 Å². The number of anilines is 2.